The molecule has 112 valence electrons. The first kappa shape index (κ1) is 16.9. The molecule has 3 nitrogen and oxygen atoms in total. The largest absolute Gasteiger partial charge is 0.490 e. The van der Waals surface area contributed by atoms with Crippen LogP contribution >= 0.6 is 11.6 Å². The van der Waals surface area contributed by atoms with Gasteiger partial charge in [-0.3, -0.25) is 0 Å². The minimum absolute atomic E-state index is 0.469. The monoisotopic (exact) mass is 297 g/mol. The average molecular weight is 298 g/mol. The maximum atomic E-state index is 5.72. The lowest BCUT2D eigenvalue weighted by atomic mass is 10.2. The third-order valence-electron chi connectivity index (χ3n) is 2.71. The van der Waals surface area contributed by atoms with Crippen molar-refractivity contribution in [1.29, 1.82) is 0 Å². The van der Waals surface area contributed by atoms with Gasteiger partial charge >= 0.3 is 0 Å². The van der Waals surface area contributed by atoms with E-state index in [1.54, 1.807) is 0 Å². The fourth-order valence-electron chi connectivity index (χ4n) is 1.68. The molecule has 0 fully saturated rings. The van der Waals surface area contributed by atoms with Crippen LogP contribution in [0.1, 0.15) is 32.8 Å². The molecule has 0 unspecified atom stereocenters. The summed E-state index contributed by atoms with van der Waals surface area (Å²) in [4.78, 5) is 0. The van der Waals surface area contributed by atoms with E-state index >= 15 is 0 Å². The van der Waals surface area contributed by atoms with Crippen molar-refractivity contribution in [2.45, 2.75) is 33.7 Å². The van der Waals surface area contributed by atoms with Gasteiger partial charge in [0.15, 0.2) is 11.5 Å². The Kier molecular flexibility index (Phi) is 8.16. The van der Waals surface area contributed by atoms with Crippen LogP contribution in [0.15, 0.2) is 29.3 Å². The van der Waals surface area contributed by atoms with Crippen molar-refractivity contribution in [3.63, 3.8) is 0 Å². The Bertz CT molecular complexity index is 432. The summed E-state index contributed by atoms with van der Waals surface area (Å²) in [6, 6.07) is 6.04. The highest BCUT2D eigenvalue weighted by atomic mass is 35.5. The van der Waals surface area contributed by atoms with E-state index in [1.165, 1.54) is 11.1 Å². The number of hydrogen-bond donors (Lipinski definition) is 1. The van der Waals surface area contributed by atoms with Gasteiger partial charge in [0.1, 0.15) is 6.61 Å². The Morgan fingerprint density at radius 3 is 2.70 bits per heavy atom. The van der Waals surface area contributed by atoms with Crippen molar-refractivity contribution in [2.24, 2.45) is 0 Å². The smallest absolute Gasteiger partial charge is 0.161 e. The van der Waals surface area contributed by atoms with Gasteiger partial charge < -0.3 is 14.8 Å². The van der Waals surface area contributed by atoms with Crippen LogP contribution in [0.25, 0.3) is 0 Å². The molecule has 4 heteroatoms. The van der Waals surface area contributed by atoms with Gasteiger partial charge in [0.25, 0.3) is 0 Å². The van der Waals surface area contributed by atoms with E-state index in [-0.39, 0.29) is 0 Å². The van der Waals surface area contributed by atoms with Gasteiger partial charge in [-0.1, -0.05) is 24.6 Å². The number of hydrogen-bond acceptors (Lipinski definition) is 3. The third kappa shape index (κ3) is 5.85. The molecule has 1 aromatic carbocycles. The van der Waals surface area contributed by atoms with Crippen LogP contribution in [0.4, 0.5) is 0 Å². The number of ether oxygens (including phenoxy) is 2. The lowest BCUT2D eigenvalue weighted by Crippen LogP contribution is -2.14. The summed E-state index contributed by atoms with van der Waals surface area (Å²) in [5.74, 6) is 1.54. The summed E-state index contributed by atoms with van der Waals surface area (Å²) in [5, 5.41) is 3.38. The first-order chi connectivity index (χ1) is 9.71. The highest BCUT2D eigenvalue weighted by Crippen LogP contribution is 2.29. The predicted molar refractivity (Wildman–Crippen MR) is 84.7 cm³/mol. The van der Waals surface area contributed by atoms with Gasteiger partial charge in [-0.15, -0.1) is 0 Å². The molecule has 1 N–H and O–H groups in total. The first-order valence-electron chi connectivity index (χ1n) is 7.06. The van der Waals surface area contributed by atoms with Gasteiger partial charge in [-0.05, 0) is 50.1 Å². The van der Waals surface area contributed by atoms with Crippen LogP contribution in [0.3, 0.4) is 0 Å². The van der Waals surface area contributed by atoms with E-state index in [2.05, 4.69) is 18.3 Å². The lowest BCUT2D eigenvalue weighted by molar-refractivity contribution is 0.292. The number of benzene rings is 1. The van der Waals surface area contributed by atoms with Crippen molar-refractivity contribution < 1.29 is 9.47 Å². The minimum Gasteiger partial charge on any atom is -0.490 e. The Labute approximate surface area is 126 Å². The summed E-state index contributed by atoms with van der Waals surface area (Å²) >= 11 is 5.63. The molecule has 0 aliphatic rings. The van der Waals surface area contributed by atoms with Crippen molar-refractivity contribution in [1.82, 2.24) is 5.32 Å². The predicted octanol–water partition coefficient (Wildman–Crippen LogP) is 4.11. The number of nitrogens with one attached hydrogen (secondary N) is 1. The van der Waals surface area contributed by atoms with Crippen molar-refractivity contribution in [2.75, 3.05) is 19.8 Å². The Hall–Kier alpha value is -1.19. The molecule has 1 aromatic rings. The second kappa shape index (κ2) is 9.67. The molecule has 0 saturated carbocycles. The van der Waals surface area contributed by atoms with E-state index in [0.29, 0.717) is 13.2 Å². The second-order valence-corrected chi connectivity index (χ2v) is 4.85. The molecule has 1 rings (SSSR count). The van der Waals surface area contributed by atoms with Crippen molar-refractivity contribution >= 4 is 11.6 Å². The Balaban J connectivity index is 2.73. The molecular weight excluding hydrogens is 274 g/mol. The van der Waals surface area contributed by atoms with Gasteiger partial charge in [-0.25, -0.2) is 0 Å². The molecule has 0 aliphatic carbocycles. The lowest BCUT2D eigenvalue weighted by Gasteiger charge is -2.13. The van der Waals surface area contributed by atoms with Crippen LogP contribution in [-0.4, -0.2) is 19.8 Å². The first-order valence-corrected chi connectivity index (χ1v) is 7.50. The summed E-state index contributed by atoms with van der Waals surface area (Å²) in [6.07, 6.45) is 1.13. The fraction of sp³-hybridized carbons (Fsp3) is 0.500. The molecule has 0 saturated heterocycles. The molecule has 20 heavy (non-hydrogen) atoms. The fourth-order valence-corrected chi connectivity index (χ4v) is 1.75. The van der Waals surface area contributed by atoms with E-state index in [1.807, 2.05) is 26.0 Å². The Morgan fingerprint density at radius 1 is 1.25 bits per heavy atom. The normalized spacial score (nSPS) is 11.5. The van der Waals surface area contributed by atoms with Crippen LogP contribution in [0, 0.1) is 0 Å². The maximum Gasteiger partial charge on any atom is 0.161 e. The van der Waals surface area contributed by atoms with Crippen LogP contribution in [-0.2, 0) is 6.54 Å². The molecule has 0 radical (unpaired) electrons. The summed E-state index contributed by atoms with van der Waals surface area (Å²) < 4.78 is 11.4. The molecule has 0 bridgehead atoms. The van der Waals surface area contributed by atoms with Crippen LogP contribution in [0.2, 0.25) is 0 Å². The highest BCUT2D eigenvalue weighted by Gasteiger charge is 2.06. The van der Waals surface area contributed by atoms with E-state index < -0.39 is 0 Å². The summed E-state index contributed by atoms with van der Waals surface area (Å²) in [5.41, 5.74) is 3.70. The molecule has 0 aromatic heterocycles. The standard InChI is InChI=1S/C16H24ClNO2/c1-4-8-18-11-14-6-7-15(16(9-14)19-5-2)20-12-13(3)10-17/h6-7,9-10,18H,4-5,8,11-12H2,1-3H3/b13-10+. The molecular formula is C16H24ClNO2. The quantitative estimate of drug-likeness (QED) is 0.696. The van der Waals surface area contributed by atoms with Crippen LogP contribution < -0.4 is 14.8 Å². The topological polar surface area (TPSA) is 30.5 Å². The molecule has 0 atom stereocenters. The third-order valence-corrected chi connectivity index (χ3v) is 3.08. The van der Waals surface area contributed by atoms with E-state index in [0.717, 1.165) is 36.6 Å². The number of halogens is 1. The minimum atomic E-state index is 0.469. The zero-order valence-corrected chi connectivity index (χ0v) is 13.3. The second-order valence-electron chi connectivity index (χ2n) is 4.64. The zero-order chi connectivity index (χ0) is 14.8. The summed E-state index contributed by atoms with van der Waals surface area (Å²) in [7, 11) is 0. The van der Waals surface area contributed by atoms with E-state index in [9.17, 15) is 0 Å². The molecule has 0 spiro atoms. The zero-order valence-electron chi connectivity index (χ0n) is 12.5. The Morgan fingerprint density at radius 2 is 2.05 bits per heavy atom. The van der Waals surface area contributed by atoms with Gasteiger partial charge in [0, 0.05) is 12.1 Å². The maximum absolute atomic E-state index is 5.72. The summed E-state index contributed by atoms with van der Waals surface area (Å²) in [6.45, 7) is 8.99. The molecule has 0 aliphatic heterocycles. The van der Waals surface area contributed by atoms with Gasteiger partial charge in [-0.2, -0.15) is 0 Å². The molecule has 0 amide bonds. The number of rotatable bonds is 9. The van der Waals surface area contributed by atoms with Gasteiger partial charge in [0.2, 0.25) is 0 Å². The highest BCUT2D eigenvalue weighted by molar-refractivity contribution is 6.25. The van der Waals surface area contributed by atoms with E-state index in [4.69, 9.17) is 21.1 Å². The van der Waals surface area contributed by atoms with Gasteiger partial charge in [0.05, 0.1) is 6.61 Å². The molecule has 0 heterocycles. The van der Waals surface area contributed by atoms with Crippen molar-refractivity contribution in [3.05, 3.63) is 34.9 Å². The van der Waals surface area contributed by atoms with Crippen molar-refractivity contribution in [3.8, 4) is 11.5 Å². The SMILES string of the molecule is CCCNCc1ccc(OC/C(C)=C/Cl)c(OCC)c1. The average Bonchev–Trinajstić information content (AvgIpc) is 2.46. The van der Waals surface area contributed by atoms with Crippen LogP contribution in [0.5, 0.6) is 11.5 Å².